The smallest absolute Gasteiger partial charge is 0.165 e. The topological polar surface area (TPSA) is 54.0 Å². The maximum atomic E-state index is 15.1. The first-order chi connectivity index (χ1) is 20.0. The Morgan fingerprint density at radius 3 is 2.61 bits per heavy atom. The van der Waals surface area contributed by atoms with E-state index in [4.69, 9.17) is 9.47 Å². The average Bonchev–Trinajstić information content (AvgIpc) is 3.00. The third-order valence-electron chi connectivity index (χ3n) is 8.88. The number of ether oxygens (including phenoxy) is 2. The summed E-state index contributed by atoms with van der Waals surface area (Å²) in [6.07, 6.45) is 9.58. The molecular weight excluding hydrogens is 515 g/mol. The second-order valence-electron chi connectivity index (χ2n) is 11.7. The van der Waals surface area contributed by atoms with Crippen molar-refractivity contribution >= 4 is 5.69 Å². The fourth-order valence-electron chi connectivity index (χ4n) is 6.55. The summed E-state index contributed by atoms with van der Waals surface area (Å²) < 4.78 is 26.4. The normalized spacial score (nSPS) is 17.2. The largest absolute Gasteiger partial charge is 0.508 e. The molecule has 1 atom stereocenters. The van der Waals surface area contributed by atoms with E-state index < -0.39 is 0 Å². The van der Waals surface area contributed by atoms with Crippen molar-refractivity contribution < 1.29 is 19.0 Å². The van der Waals surface area contributed by atoms with Gasteiger partial charge in [0.2, 0.25) is 0 Å². The number of phenols is 1. The van der Waals surface area contributed by atoms with Crippen molar-refractivity contribution in [1.29, 1.82) is 0 Å². The van der Waals surface area contributed by atoms with Gasteiger partial charge in [0.05, 0.1) is 7.11 Å². The molecule has 3 aromatic rings. The quantitative estimate of drug-likeness (QED) is 0.226. The van der Waals surface area contributed by atoms with E-state index in [-0.39, 0.29) is 5.82 Å². The third kappa shape index (κ3) is 7.53. The van der Waals surface area contributed by atoms with Crippen LogP contribution in [0.5, 0.6) is 17.2 Å². The number of fused-ring (bicyclic) bond motifs is 1. The van der Waals surface area contributed by atoms with Gasteiger partial charge in [0, 0.05) is 31.4 Å². The molecule has 2 aliphatic rings. The lowest BCUT2D eigenvalue weighted by molar-refractivity contribution is 0.284. The number of nitrogens with one attached hydrogen (secondary N) is 1. The second kappa shape index (κ2) is 14.1. The zero-order chi connectivity index (χ0) is 28.6. The van der Waals surface area contributed by atoms with Gasteiger partial charge < -0.3 is 24.8 Å². The van der Waals surface area contributed by atoms with Gasteiger partial charge in [0.25, 0.3) is 0 Å². The summed E-state index contributed by atoms with van der Waals surface area (Å²) in [7, 11) is 1.69. The number of hydrogen-bond donors (Lipinski definition) is 2. The van der Waals surface area contributed by atoms with Crippen LogP contribution in [0, 0.1) is 11.7 Å². The number of aromatic hydroxyl groups is 1. The molecule has 0 aromatic heterocycles. The molecule has 5 nitrogen and oxygen atoms in total. The maximum Gasteiger partial charge on any atom is 0.165 e. The Balaban J connectivity index is 1.23. The van der Waals surface area contributed by atoms with Gasteiger partial charge in [0.1, 0.15) is 18.1 Å². The molecule has 6 heteroatoms. The molecule has 1 unspecified atom stereocenters. The maximum absolute atomic E-state index is 15.1. The van der Waals surface area contributed by atoms with Gasteiger partial charge in [-0.2, -0.15) is 0 Å². The molecule has 0 spiro atoms. The van der Waals surface area contributed by atoms with Gasteiger partial charge in [-0.05, 0) is 110 Å². The molecule has 0 bridgehead atoms. The van der Waals surface area contributed by atoms with E-state index >= 15 is 4.39 Å². The predicted molar refractivity (Wildman–Crippen MR) is 164 cm³/mol. The van der Waals surface area contributed by atoms with Crippen LogP contribution in [0.4, 0.5) is 10.1 Å². The minimum absolute atomic E-state index is 0.310. The highest BCUT2D eigenvalue weighted by Gasteiger charge is 2.25. The lowest BCUT2D eigenvalue weighted by atomic mass is 9.79. The van der Waals surface area contributed by atoms with Crippen molar-refractivity contribution in [3.8, 4) is 17.2 Å². The molecule has 220 valence electrons. The standard InChI is InChI=1S/C35H45FN2O3/c1-3-38(24-26-9-16-35(33(36)19-26)41-18-17-37-23-25-7-5-4-6-8-25)34-22-31(40-2)14-15-32(34)29-11-10-28-21-30(39)13-12-27(28)20-29/h9,12-16,19,21-22,25,29,37,39H,3-8,10-11,17-18,20,23-24H2,1-2H3. The van der Waals surface area contributed by atoms with E-state index in [0.29, 0.717) is 30.6 Å². The molecule has 2 N–H and O–H groups in total. The van der Waals surface area contributed by atoms with Crippen LogP contribution >= 0.6 is 0 Å². The average molecular weight is 561 g/mol. The number of aryl methyl sites for hydroxylation is 1. The molecule has 0 saturated heterocycles. The lowest BCUT2D eigenvalue weighted by Crippen LogP contribution is -2.28. The Morgan fingerprint density at radius 2 is 1.83 bits per heavy atom. The van der Waals surface area contributed by atoms with Crippen molar-refractivity contribution in [3.05, 3.63) is 82.7 Å². The van der Waals surface area contributed by atoms with Crippen LogP contribution < -0.4 is 19.7 Å². The number of benzene rings is 3. The molecule has 0 aliphatic heterocycles. The zero-order valence-corrected chi connectivity index (χ0v) is 24.6. The number of hydrogen-bond acceptors (Lipinski definition) is 5. The van der Waals surface area contributed by atoms with Gasteiger partial charge in [-0.3, -0.25) is 0 Å². The molecule has 0 heterocycles. The van der Waals surface area contributed by atoms with E-state index in [9.17, 15) is 5.11 Å². The molecule has 3 aromatic carbocycles. The number of anilines is 1. The van der Waals surface area contributed by atoms with Crippen LogP contribution in [0.15, 0.2) is 54.6 Å². The highest BCUT2D eigenvalue weighted by molar-refractivity contribution is 5.60. The summed E-state index contributed by atoms with van der Waals surface area (Å²) in [6, 6.07) is 17.4. The van der Waals surface area contributed by atoms with Gasteiger partial charge in [-0.1, -0.05) is 37.5 Å². The number of halogens is 1. The van der Waals surface area contributed by atoms with E-state index in [2.05, 4.69) is 35.3 Å². The van der Waals surface area contributed by atoms with Gasteiger partial charge in [-0.25, -0.2) is 4.39 Å². The summed E-state index contributed by atoms with van der Waals surface area (Å²) in [6.45, 7) is 5.73. The molecule has 1 fully saturated rings. The van der Waals surface area contributed by atoms with Gasteiger partial charge in [0.15, 0.2) is 11.6 Å². The Labute approximate surface area is 244 Å². The van der Waals surface area contributed by atoms with Crippen molar-refractivity contribution in [2.45, 2.75) is 70.8 Å². The van der Waals surface area contributed by atoms with E-state index in [1.54, 1.807) is 25.3 Å². The van der Waals surface area contributed by atoms with Crippen LogP contribution in [0.1, 0.15) is 73.6 Å². The minimum atomic E-state index is -0.316. The molecule has 5 rings (SSSR count). The van der Waals surface area contributed by atoms with Gasteiger partial charge >= 0.3 is 0 Å². The Bertz CT molecular complexity index is 1290. The number of rotatable bonds is 12. The molecular formula is C35H45FN2O3. The van der Waals surface area contributed by atoms with Crippen molar-refractivity contribution in [1.82, 2.24) is 5.32 Å². The summed E-state index contributed by atoms with van der Waals surface area (Å²) in [5.74, 6) is 2.28. The molecule has 41 heavy (non-hydrogen) atoms. The van der Waals surface area contributed by atoms with Gasteiger partial charge in [-0.15, -0.1) is 0 Å². The van der Waals surface area contributed by atoms with Crippen molar-refractivity contribution in [2.75, 3.05) is 38.3 Å². The highest BCUT2D eigenvalue weighted by atomic mass is 19.1. The second-order valence-corrected chi connectivity index (χ2v) is 11.7. The van der Waals surface area contributed by atoms with Crippen LogP contribution in [0.2, 0.25) is 0 Å². The molecule has 1 saturated carbocycles. The number of phenolic OH excluding ortho intramolecular Hbond substituents is 1. The fraction of sp³-hybridized carbons (Fsp3) is 0.486. The Morgan fingerprint density at radius 1 is 0.976 bits per heavy atom. The van der Waals surface area contributed by atoms with Crippen LogP contribution in [-0.2, 0) is 19.4 Å². The fourth-order valence-corrected chi connectivity index (χ4v) is 6.55. The number of methoxy groups -OCH3 is 1. The van der Waals surface area contributed by atoms with E-state index in [1.165, 1.54) is 48.8 Å². The van der Waals surface area contributed by atoms with Crippen LogP contribution in [0.3, 0.4) is 0 Å². The summed E-state index contributed by atoms with van der Waals surface area (Å²) in [5.41, 5.74) is 5.86. The Kier molecular flexibility index (Phi) is 10.0. The van der Waals surface area contributed by atoms with E-state index in [1.807, 2.05) is 18.2 Å². The molecule has 2 aliphatic carbocycles. The monoisotopic (exact) mass is 560 g/mol. The Hall–Kier alpha value is -3.25. The third-order valence-corrected chi connectivity index (χ3v) is 8.88. The molecule has 0 radical (unpaired) electrons. The summed E-state index contributed by atoms with van der Waals surface area (Å²) in [4.78, 5) is 2.30. The SMILES string of the molecule is CCN(Cc1ccc(OCCNCC2CCCCC2)c(F)c1)c1cc(OC)ccc1C1CCc2cc(O)ccc2C1. The highest BCUT2D eigenvalue weighted by Crippen LogP contribution is 2.40. The summed E-state index contributed by atoms with van der Waals surface area (Å²) in [5, 5.41) is 13.4. The minimum Gasteiger partial charge on any atom is -0.508 e. The molecule has 0 amide bonds. The first-order valence-electron chi connectivity index (χ1n) is 15.4. The predicted octanol–water partition coefficient (Wildman–Crippen LogP) is 7.39. The van der Waals surface area contributed by atoms with Crippen molar-refractivity contribution in [2.24, 2.45) is 5.92 Å². The number of nitrogens with zero attached hydrogens (tertiary/aromatic N) is 1. The first-order valence-corrected chi connectivity index (χ1v) is 15.4. The summed E-state index contributed by atoms with van der Waals surface area (Å²) >= 11 is 0. The lowest BCUT2D eigenvalue weighted by Gasteiger charge is -2.32. The first kappa shape index (κ1) is 29.2. The zero-order valence-electron chi connectivity index (χ0n) is 24.6. The van der Waals surface area contributed by atoms with Crippen molar-refractivity contribution in [3.63, 3.8) is 0 Å². The van der Waals surface area contributed by atoms with E-state index in [0.717, 1.165) is 61.8 Å². The van der Waals surface area contributed by atoms with Crippen LogP contribution in [-0.4, -0.2) is 38.5 Å². The van der Waals surface area contributed by atoms with Crippen LogP contribution in [0.25, 0.3) is 0 Å².